The lowest BCUT2D eigenvalue weighted by molar-refractivity contribution is -0.109. The first kappa shape index (κ1) is 9.59. The summed E-state index contributed by atoms with van der Waals surface area (Å²) in [5, 5.41) is 2.46. The molecule has 0 bridgehead atoms. The second-order valence-corrected chi connectivity index (χ2v) is 4.57. The van der Waals surface area contributed by atoms with Gasteiger partial charge in [-0.2, -0.15) is 0 Å². The number of benzene rings is 2. The number of aldehydes is 1. The minimum absolute atomic E-state index is 0.103. The van der Waals surface area contributed by atoms with Crippen molar-refractivity contribution >= 4 is 17.1 Å². The Morgan fingerprint density at radius 1 is 1.06 bits per heavy atom. The van der Waals surface area contributed by atoms with Crippen LogP contribution in [0.2, 0.25) is 0 Å². The van der Waals surface area contributed by atoms with Crippen LogP contribution in [0.4, 0.5) is 0 Å². The highest BCUT2D eigenvalue weighted by atomic mass is 16.1. The van der Waals surface area contributed by atoms with E-state index in [2.05, 4.69) is 30.3 Å². The van der Waals surface area contributed by atoms with Crippen molar-refractivity contribution in [2.75, 3.05) is 0 Å². The molecular weight excluding hydrogens is 196 g/mol. The zero-order valence-electron chi connectivity index (χ0n) is 9.10. The summed E-state index contributed by atoms with van der Waals surface area (Å²) in [6, 6.07) is 14.6. The number of fused-ring (bicyclic) bond motifs is 1. The number of carbonyl (C=O) groups is 1. The lowest BCUT2D eigenvalue weighted by Crippen LogP contribution is -2.03. The fraction of sp³-hybridized carbons (Fsp3) is 0.267. The summed E-state index contributed by atoms with van der Waals surface area (Å²) in [7, 11) is 0. The number of hydrogen-bond acceptors (Lipinski definition) is 1. The van der Waals surface area contributed by atoms with Crippen LogP contribution in [-0.4, -0.2) is 6.29 Å². The third kappa shape index (κ3) is 1.53. The normalized spacial score (nSPS) is 17.2. The molecule has 1 fully saturated rings. The monoisotopic (exact) mass is 210 g/mol. The second-order valence-electron chi connectivity index (χ2n) is 4.57. The Balaban J connectivity index is 2.17. The molecule has 0 aliphatic heterocycles. The van der Waals surface area contributed by atoms with Crippen molar-refractivity contribution in [2.45, 2.75) is 18.8 Å². The molecule has 1 aliphatic carbocycles. The van der Waals surface area contributed by atoms with Crippen LogP contribution in [0.25, 0.3) is 10.8 Å². The Kier molecular flexibility index (Phi) is 2.24. The van der Waals surface area contributed by atoms with Crippen LogP contribution in [-0.2, 0) is 4.79 Å². The van der Waals surface area contributed by atoms with E-state index >= 15 is 0 Å². The van der Waals surface area contributed by atoms with Gasteiger partial charge in [0.2, 0.25) is 0 Å². The van der Waals surface area contributed by atoms with Crippen LogP contribution >= 0.6 is 0 Å². The first-order valence-corrected chi connectivity index (χ1v) is 5.83. The van der Waals surface area contributed by atoms with E-state index in [1.807, 2.05) is 12.1 Å². The highest BCUT2D eigenvalue weighted by Crippen LogP contribution is 2.43. The number of rotatable bonds is 3. The van der Waals surface area contributed by atoms with Gasteiger partial charge in [-0.3, -0.25) is 0 Å². The van der Waals surface area contributed by atoms with Crippen molar-refractivity contribution in [3.8, 4) is 0 Å². The van der Waals surface area contributed by atoms with Crippen LogP contribution in [0.5, 0.6) is 0 Å². The molecule has 1 saturated carbocycles. The van der Waals surface area contributed by atoms with Crippen molar-refractivity contribution in [1.29, 1.82) is 0 Å². The SMILES string of the molecule is O=CC(c1cccc2ccccc12)C1CC1. The van der Waals surface area contributed by atoms with Gasteiger partial charge >= 0.3 is 0 Å². The molecule has 16 heavy (non-hydrogen) atoms. The summed E-state index contributed by atoms with van der Waals surface area (Å²) >= 11 is 0. The molecular formula is C15H14O. The molecule has 0 saturated heterocycles. The molecule has 0 aromatic heterocycles. The molecule has 1 unspecified atom stereocenters. The van der Waals surface area contributed by atoms with Gasteiger partial charge < -0.3 is 4.79 Å². The molecule has 3 rings (SSSR count). The third-order valence-electron chi connectivity index (χ3n) is 3.46. The molecule has 1 atom stereocenters. The highest BCUT2D eigenvalue weighted by molar-refractivity contribution is 5.88. The molecule has 0 amide bonds. The Morgan fingerprint density at radius 3 is 2.56 bits per heavy atom. The summed E-state index contributed by atoms with van der Waals surface area (Å²) in [4.78, 5) is 11.2. The van der Waals surface area contributed by atoms with Gasteiger partial charge in [-0.25, -0.2) is 0 Å². The summed E-state index contributed by atoms with van der Waals surface area (Å²) in [6.45, 7) is 0. The van der Waals surface area contributed by atoms with Gasteiger partial charge in [0.1, 0.15) is 6.29 Å². The van der Waals surface area contributed by atoms with E-state index in [0.717, 1.165) is 6.29 Å². The average molecular weight is 210 g/mol. The van der Waals surface area contributed by atoms with Crippen LogP contribution < -0.4 is 0 Å². The second kappa shape index (κ2) is 3.75. The van der Waals surface area contributed by atoms with Crippen molar-refractivity contribution in [1.82, 2.24) is 0 Å². The predicted octanol–water partition coefficient (Wildman–Crippen LogP) is 3.53. The number of carbonyl (C=O) groups excluding carboxylic acids is 1. The Morgan fingerprint density at radius 2 is 1.81 bits per heavy atom. The minimum atomic E-state index is 0.103. The maximum Gasteiger partial charge on any atom is 0.127 e. The van der Waals surface area contributed by atoms with Gasteiger partial charge in [0.05, 0.1) is 0 Å². The van der Waals surface area contributed by atoms with Gasteiger partial charge in [0.25, 0.3) is 0 Å². The third-order valence-corrected chi connectivity index (χ3v) is 3.46. The first-order chi connectivity index (χ1) is 7.90. The van der Waals surface area contributed by atoms with Gasteiger partial charge in [-0.1, -0.05) is 42.5 Å². The smallest absolute Gasteiger partial charge is 0.127 e. The number of hydrogen-bond donors (Lipinski definition) is 0. The van der Waals surface area contributed by atoms with E-state index in [1.54, 1.807) is 0 Å². The molecule has 1 heteroatoms. The topological polar surface area (TPSA) is 17.1 Å². The van der Waals surface area contributed by atoms with Gasteiger partial charge in [-0.05, 0) is 35.1 Å². The zero-order chi connectivity index (χ0) is 11.0. The quantitative estimate of drug-likeness (QED) is 0.708. The highest BCUT2D eigenvalue weighted by Gasteiger charge is 2.32. The fourth-order valence-corrected chi connectivity index (χ4v) is 2.43. The zero-order valence-corrected chi connectivity index (χ0v) is 9.10. The van der Waals surface area contributed by atoms with E-state index in [9.17, 15) is 4.79 Å². The minimum Gasteiger partial charge on any atom is -0.303 e. The summed E-state index contributed by atoms with van der Waals surface area (Å²) in [6.07, 6.45) is 3.53. The largest absolute Gasteiger partial charge is 0.303 e. The first-order valence-electron chi connectivity index (χ1n) is 5.83. The molecule has 80 valence electrons. The predicted molar refractivity (Wildman–Crippen MR) is 65.5 cm³/mol. The van der Waals surface area contributed by atoms with Crippen molar-refractivity contribution in [3.05, 3.63) is 48.0 Å². The molecule has 1 nitrogen and oxygen atoms in total. The van der Waals surface area contributed by atoms with E-state index in [1.165, 1.54) is 29.2 Å². The lowest BCUT2D eigenvalue weighted by Gasteiger charge is -2.12. The van der Waals surface area contributed by atoms with E-state index in [-0.39, 0.29) is 5.92 Å². The van der Waals surface area contributed by atoms with Gasteiger partial charge in [0, 0.05) is 5.92 Å². The Bertz CT molecular complexity index is 520. The van der Waals surface area contributed by atoms with Crippen molar-refractivity contribution in [2.24, 2.45) is 5.92 Å². The summed E-state index contributed by atoms with van der Waals surface area (Å²) < 4.78 is 0. The van der Waals surface area contributed by atoms with Crippen LogP contribution in [0.15, 0.2) is 42.5 Å². The van der Waals surface area contributed by atoms with Gasteiger partial charge in [0.15, 0.2) is 0 Å². The van der Waals surface area contributed by atoms with Crippen LogP contribution in [0.3, 0.4) is 0 Å². The molecule has 1 aliphatic rings. The standard InChI is InChI=1S/C15H14O/c16-10-15(12-8-9-12)14-7-3-5-11-4-1-2-6-13(11)14/h1-7,10,12,15H,8-9H2. The average Bonchev–Trinajstić information content (AvgIpc) is 3.15. The molecule has 2 aromatic rings. The molecule has 0 spiro atoms. The van der Waals surface area contributed by atoms with Crippen LogP contribution in [0.1, 0.15) is 24.3 Å². The fourth-order valence-electron chi connectivity index (χ4n) is 2.43. The Hall–Kier alpha value is -1.63. The maximum absolute atomic E-state index is 11.2. The molecule has 2 aromatic carbocycles. The lowest BCUT2D eigenvalue weighted by atomic mass is 9.91. The van der Waals surface area contributed by atoms with E-state index < -0.39 is 0 Å². The molecule has 0 heterocycles. The molecule has 0 radical (unpaired) electrons. The van der Waals surface area contributed by atoms with E-state index in [4.69, 9.17) is 0 Å². The van der Waals surface area contributed by atoms with Gasteiger partial charge in [-0.15, -0.1) is 0 Å². The van der Waals surface area contributed by atoms with E-state index in [0.29, 0.717) is 5.92 Å². The summed E-state index contributed by atoms with van der Waals surface area (Å²) in [5.41, 5.74) is 1.20. The molecule has 0 N–H and O–H groups in total. The maximum atomic E-state index is 11.2. The van der Waals surface area contributed by atoms with Crippen LogP contribution in [0, 0.1) is 5.92 Å². The van der Waals surface area contributed by atoms with Crippen molar-refractivity contribution in [3.63, 3.8) is 0 Å². The Labute approximate surface area is 95.1 Å². The summed E-state index contributed by atoms with van der Waals surface area (Å²) in [5.74, 6) is 0.689. The van der Waals surface area contributed by atoms with Crippen molar-refractivity contribution < 1.29 is 4.79 Å².